The topological polar surface area (TPSA) is 20.2 Å². The van der Waals surface area contributed by atoms with Gasteiger partial charge in [0.1, 0.15) is 0 Å². The van der Waals surface area contributed by atoms with E-state index >= 15 is 0 Å². The van der Waals surface area contributed by atoms with E-state index in [0.717, 1.165) is 7.11 Å². The van der Waals surface area contributed by atoms with E-state index in [1.807, 2.05) is 0 Å². The predicted molar refractivity (Wildman–Crippen MR) is 28.4 cm³/mol. The van der Waals surface area contributed by atoms with Gasteiger partial charge in [-0.15, -0.1) is 0 Å². The van der Waals surface area contributed by atoms with Crippen molar-refractivity contribution in [1.82, 2.24) is 0 Å². The molecular formula is C5H13OW-. The van der Waals surface area contributed by atoms with Gasteiger partial charge >= 0.3 is 0 Å². The standard InChI is InChI=1S/C4H9.CH4O.W/c1-4(2)3;1-2;/h1-3H3;2H,1H3;/q-1;;. The first-order chi connectivity index (χ1) is 2.73. The molecule has 0 rings (SSSR count). The molecule has 1 nitrogen and oxygen atoms in total. The van der Waals surface area contributed by atoms with Crippen LogP contribution >= 0.6 is 0 Å². The zero-order chi connectivity index (χ0) is 5.58. The Kier molecular flexibility index (Phi) is 35.6. The monoisotopic (exact) mass is 273 g/mol. The first kappa shape index (κ1) is 15.6. The van der Waals surface area contributed by atoms with E-state index in [1.54, 1.807) is 0 Å². The molecule has 0 radical (unpaired) electrons. The third kappa shape index (κ3) is 342. The Balaban J connectivity index is -0.0000000480. The second-order valence-electron chi connectivity index (χ2n) is 1.50. The van der Waals surface area contributed by atoms with Gasteiger partial charge in [-0.3, -0.25) is 0 Å². The van der Waals surface area contributed by atoms with Crippen LogP contribution in [0.4, 0.5) is 0 Å². The largest absolute Gasteiger partial charge is 0.400 e. The third-order valence-electron chi connectivity index (χ3n) is 0. The summed E-state index contributed by atoms with van der Waals surface area (Å²) in [4.78, 5) is 0. The third-order valence-corrected chi connectivity index (χ3v) is 0. The first-order valence-corrected chi connectivity index (χ1v) is 1.95. The molecule has 0 unspecified atom stereocenters. The Hall–Kier alpha value is 0.648. The first-order valence-electron chi connectivity index (χ1n) is 1.95. The summed E-state index contributed by atoms with van der Waals surface area (Å²) in [6.45, 7) is 6.25. The van der Waals surface area contributed by atoms with Crippen LogP contribution in [0.25, 0.3) is 0 Å². The molecule has 7 heavy (non-hydrogen) atoms. The molecule has 0 aliphatic heterocycles. The van der Waals surface area contributed by atoms with Crippen LogP contribution < -0.4 is 0 Å². The smallest absolute Gasteiger partial charge is 0.0319 e. The summed E-state index contributed by atoms with van der Waals surface area (Å²) < 4.78 is 0. The Labute approximate surface area is 60.4 Å². The molecular weight excluding hydrogens is 260 g/mol. The summed E-state index contributed by atoms with van der Waals surface area (Å²) in [7, 11) is 1.00. The van der Waals surface area contributed by atoms with Crippen LogP contribution in [0.2, 0.25) is 0 Å². The number of aliphatic hydroxyl groups is 1. The van der Waals surface area contributed by atoms with Gasteiger partial charge in [-0.2, -0.15) is 20.8 Å². The van der Waals surface area contributed by atoms with Gasteiger partial charge in [0.25, 0.3) is 0 Å². The van der Waals surface area contributed by atoms with Gasteiger partial charge < -0.3 is 11.0 Å². The predicted octanol–water partition coefficient (Wildman–Crippen LogP) is 1.23. The summed E-state index contributed by atoms with van der Waals surface area (Å²) in [5, 5.41) is 7.00. The van der Waals surface area contributed by atoms with Gasteiger partial charge in [0, 0.05) is 28.2 Å². The molecule has 1 N–H and O–H groups in total. The summed E-state index contributed by atoms with van der Waals surface area (Å²) in [6, 6.07) is 0. The number of hydrogen-bond acceptors (Lipinski definition) is 1. The summed E-state index contributed by atoms with van der Waals surface area (Å²) in [6.07, 6.45) is 0. The minimum absolute atomic E-state index is 0. The van der Waals surface area contributed by atoms with E-state index < -0.39 is 0 Å². The second kappa shape index (κ2) is 15.9. The molecule has 0 atom stereocenters. The van der Waals surface area contributed by atoms with Crippen molar-refractivity contribution in [3.05, 3.63) is 5.92 Å². The van der Waals surface area contributed by atoms with Crippen molar-refractivity contribution in [3.63, 3.8) is 0 Å². The molecule has 0 aromatic heterocycles. The quantitative estimate of drug-likeness (QED) is 0.658. The van der Waals surface area contributed by atoms with Crippen molar-refractivity contribution >= 4 is 0 Å². The average Bonchev–Trinajstić information content (AvgIpc) is 1.41. The fourth-order valence-electron chi connectivity index (χ4n) is 0. The van der Waals surface area contributed by atoms with Crippen LogP contribution in [-0.4, -0.2) is 12.2 Å². The van der Waals surface area contributed by atoms with E-state index in [1.165, 1.54) is 5.92 Å². The Morgan fingerprint density at radius 2 is 1.00 bits per heavy atom. The maximum atomic E-state index is 7.00. The molecule has 0 aromatic carbocycles. The maximum absolute atomic E-state index is 7.00. The van der Waals surface area contributed by atoms with Crippen LogP contribution in [-0.2, 0) is 21.1 Å². The Morgan fingerprint density at radius 3 is 1.00 bits per heavy atom. The van der Waals surface area contributed by atoms with Crippen molar-refractivity contribution in [2.45, 2.75) is 20.8 Å². The van der Waals surface area contributed by atoms with E-state index in [9.17, 15) is 0 Å². The van der Waals surface area contributed by atoms with E-state index in [-0.39, 0.29) is 21.1 Å². The minimum atomic E-state index is 0. The van der Waals surface area contributed by atoms with Gasteiger partial charge in [0.2, 0.25) is 0 Å². The molecule has 0 fully saturated rings. The molecule has 0 aliphatic rings. The molecule has 0 amide bonds. The van der Waals surface area contributed by atoms with Crippen LogP contribution in [0, 0.1) is 5.92 Å². The average molecular weight is 273 g/mol. The van der Waals surface area contributed by atoms with Gasteiger partial charge in [0.15, 0.2) is 0 Å². The van der Waals surface area contributed by atoms with E-state index in [2.05, 4.69) is 20.8 Å². The molecule has 0 aliphatic carbocycles. The van der Waals surface area contributed by atoms with Crippen molar-refractivity contribution in [3.8, 4) is 0 Å². The van der Waals surface area contributed by atoms with Crippen LogP contribution in [0.1, 0.15) is 20.8 Å². The van der Waals surface area contributed by atoms with Crippen molar-refractivity contribution < 1.29 is 26.2 Å². The SMILES string of the molecule is CO.C[C-](C)C.[W]. The van der Waals surface area contributed by atoms with Crippen molar-refractivity contribution in [1.29, 1.82) is 0 Å². The normalized spacial score (nSPS) is 6.00. The van der Waals surface area contributed by atoms with Crippen molar-refractivity contribution in [2.24, 2.45) is 0 Å². The Bertz CT molecular complexity index is 12.8. The summed E-state index contributed by atoms with van der Waals surface area (Å²) in [5.41, 5.74) is 0. The zero-order valence-corrected chi connectivity index (χ0v) is 8.29. The minimum Gasteiger partial charge on any atom is -0.400 e. The van der Waals surface area contributed by atoms with Gasteiger partial charge in [-0.1, -0.05) is 0 Å². The Morgan fingerprint density at radius 1 is 1.00 bits per heavy atom. The zero-order valence-electron chi connectivity index (χ0n) is 5.36. The van der Waals surface area contributed by atoms with Gasteiger partial charge in [-0.05, 0) is 0 Å². The molecule has 0 aromatic rings. The summed E-state index contributed by atoms with van der Waals surface area (Å²) >= 11 is 0. The van der Waals surface area contributed by atoms with Gasteiger partial charge in [0.05, 0.1) is 0 Å². The maximum Gasteiger partial charge on any atom is 0.0319 e. The number of aliphatic hydroxyl groups excluding tert-OH is 1. The molecule has 0 bridgehead atoms. The van der Waals surface area contributed by atoms with Crippen LogP contribution in [0.5, 0.6) is 0 Å². The molecule has 0 spiro atoms. The van der Waals surface area contributed by atoms with Crippen LogP contribution in [0.15, 0.2) is 0 Å². The fraction of sp³-hybridized carbons (Fsp3) is 0.800. The van der Waals surface area contributed by atoms with E-state index in [0.29, 0.717) is 0 Å². The number of hydrogen-bond donors (Lipinski definition) is 1. The van der Waals surface area contributed by atoms with Crippen molar-refractivity contribution in [2.75, 3.05) is 7.11 Å². The van der Waals surface area contributed by atoms with E-state index in [4.69, 9.17) is 5.11 Å². The molecule has 0 saturated heterocycles. The molecule has 0 heterocycles. The fourth-order valence-corrected chi connectivity index (χ4v) is 0. The molecule has 0 saturated carbocycles. The van der Waals surface area contributed by atoms with Gasteiger partial charge in [-0.25, -0.2) is 0 Å². The number of rotatable bonds is 0. The molecule has 2 heteroatoms. The summed E-state index contributed by atoms with van der Waals surface area (Å²) in [5.74, 6) is 1.42. The van der Waals surface area contributed by atoms with Crippen LogP contribution in [0.3, 0.4) is 0 Å². The second-order valence-corrected chi connectivity index (χ2v) is 1.50. The molecule has 46 valence electrons.